The van der Waals surface area contributed by atoms with Gasteiger partial charge >= 0.3 is 0 Å². The van der Waals surface area contributed by atoms with Crippen LogP contribution in [0.1, 0.15) is 31.0 Å². The van der Waals surface area contributed by atoms with Gasteiger partial charge in [0, 0.05) is 6.42 Å². The number of hydrogen-bond acceptors (Lipinski definition) is 3. The van der Waals surface area contributed by atoms with Crippen LogP contribution in [0.15, 0.2) is 48.5 Å². The van der Waals surface area contributed by atoms with E-state index in [9.17, 15) is 0 Å². The van der Waals surface area contributed by atoms with Gasteiger partial charge in [-0.2, -0.15) is 0 Å². The molecule has 3 nitrogen and oxygen atoms in total. The average molecular weight is 283 g/mol. The Balaban J connectivity index is 1.70. The van der Waals surface area contributed by atoms with Crippen LogP contribution >= 0.6 is 0 Å². The average Bonchev–Trinajstić information content (AvgIpc) is 2.90. The molecular formula is C18H21NO2. The van der Waals surface area contributed by atoms with Gasteiger partial charge in [-0.3, -0.25) is 0 Å². The molecule has 1 heterocycles. The highest BCUT2D eigenvalue weighted by molar-refractivity contribution is 5.39. The Labute approximate surface area is 125 Å². The SMILES string of the molecule is CC(C)Oc1ccc(C(N)C2Cc3ccccc3O2)cc1. The maximum atomic E-state index is 6.37. The molecule has 0 aromatic heterocycles. The number of ether oxygens (including phenoxy) is 2. The van der Waals surface area contributed by atoms with Gasteiger partial charge in [0.25, 0.3) is 0 Å². The summed E-state index contributed by atoms with van der Waals surface area (Å²) in [5.74, 6) is 1.83. The lowest BCUT2D eigenvalue weighted by Gasteiger charge is -2.20. The number of nitrogens with two attached hydrogens (primary N) is 1. The molecule has 110 valence electrons. The number of rotatable bonds is 4. The Morgan fingerprint density at radius 2 is 1.81 bits per heavy atom. The van der Waals surface area contributed by atoms with Gasteiger partial charge in [-0.1, -0.05) is 30.3 Å². The van der Waals surface area contributed by atoms with Crippen LogP contribution in [0, 0.1) is 0 Å². The lowest BCUT2D eigenvalue weighted by molar-refractivity contribution is 0.199. The highest BCUT2D eigenvalue weighted by Gasteiger charge is 2.28. The zero-order chi connectivity index (χ0) is 14.8. The maximum absolute atomic E-state index is 6.37. The summed E-state index contributed by atoms with van der Waals surface area (Å²) in [7, 11) is 0. The predicted molar refractivity (Wildman–Crippen MR) is 83.7 cm³/mol. The number of para-hydroxylation sites is 1. The fourth-order valence-corrected chi connectivity index (χ4v) is 2.66. The van der Waals surface area contributed by atoms with Crippen LogP contribution in [0.4, 0.5) is 0 Å². The lowest BCUT2D eigenvalue weighted by atomic mass is 9.98. The van der Waals surface area contributed by atoms with E-state index < -0.39 is 0 Å². The second-order valence-electron chi connectivity index (χ2n) is 5.73. The monoisotopic (exact) mass is 283 g/mol. The summed E-state index contributed by atoms with van der Waals surface area (Å²) in [5.41, 5.74) is 8.67. The number of hydrogen-bond donors (Lipinski definition) is 1. The van der Waals surface area contributed by atoms with Crippen molar-refractivity contribution < 1.29 is 9.47 Å². The van der Waals surface area contributed by atoms with E-state index in [1.54, 1.807) is 0 Å². The van der Waals surface area contributed by atoms with Gasteiger partial charge in [-0.05, 0) is 43.2 Å². The summed E-state index contributed by atoms with van der Waals surface area (Å²) >= 11 is 0. The number of benzene rings is 2. The predicted octanol–water partition coefficient (Wildman–Crippen LogP) is 3.48. The van der Waals surface area contributed by atoms with Crippen LogP contribution in [-0.2, 0) is 6.42 Å². The third-order valence-corrected chi connectivity index (χ3v) is 3.71. The molecule has 21 heavy (non-hydrogen) atoms. The zero-order valence-corrected chi connectivity index (χ0v) is 12.5. The summed E-state index contributed by atoms with van der Waals surface area (Å²) in [5, 5.41) is 0. The van der Waals surface area contributed by atoms with Gasteiger partial charge in [0.2, 0.25) is 0 Å². The van der Waals surface area contributed by atoms with E-state index in [4.69, 9.17) is 15.2 Å². The summed E-state index contributed by atoms with van der Waals surface area (Å²) in [6.07, 6.45) is 1.04. The maximum Gasteiger partial charge on any atom is 0.123 e. The van der Waals surface area contributed by atoms with Gasteiger partial charge in [0.1, 0.15) is 17.6 Å². The van der Waals surface area contributed by atoms with Crippen molar-refractivity contribution >= 4 is 0 Å². The van der Waals surface area contributed by atoms with E-state index in [2.05, 4.69) is 6.07 Å². The zero-order valence-electron chi connectivity index (χ0n) is 12.5. The molecule has 3 heteroatoms. The highest BCUT2D eigenvalue weighted by atomic mass is 16.5. The highest BCUT2D eigenvalue weighted by Crippen LogP contribution is 2.33. The minimum absolute atomic E-state index is 0.000679. The van der Waals surface area contributed by atoms with Crippen LogP contribution in [0.3, 0.4) is 0 Å². The van der Waals surface area contributed by atoms with Crippen LogP contribution in [-0.4, -0.2) is 12.2 Å². The summed E-state index contributed by atoms with van der Waals surface area (Å²) in [6, 6.07) is 16.0. The largest absolute Gasteiger partial charge is 0.491 e. The fourth-order valence-electron chi connectivity index (χ4n) is 2.66. The molecule has 1 aliphatic rings. The molecule has 0 spiro atoms. The van der Waals surface area contributed by atoms with Gasteiger partial charge in [-0.25, -0.2) is 0 Å². The molecule has 2 unspecified atom stereocenters. The van der Waals surface area contributed by atoms with Gasteiger partial charge in [-0.15, -0.1) is 0 Å². The quantitative estimate of drug-likeness (QED) is 0.934. The van der Waals surface area contributed by atoms with Gasteiger partial charge in [0.15, 0.2) is 0 Å². The van der Waals surface area contributed by atoms with Crippen molar-refractivity contribution in [1.82, 2.24) is 0 Å². The lowest BCUT2D eigenvalue weighted by Crippen LogP contribution is -2.29. The van der Waals surface area contributed by atoms with E-state index in [0.29, 0.717) is 0 Å². The standard InChI is InChI=1S/C18H21NO2/c1-12(2)20-15-9-7-13(8-10-15)18(19)17-11-14-5-3-4-6-16(14)21-17/h3-10,12,17-18H,11,19H2,1-2H3. The first-order chi connectivity index (χ1) is 10.1. The minimum atomic E-state index is -0.134. The van der Waals surface area contributed by atoms with Crippen LogP contribution in [0.5, 0.6) is 11.5 Å². The molecule has 2 aromatic carbocycles. The second kappa shape index (κ2) is 5.78. The Morgan fingerprint density at radius 1 is 1.10 bits per heavy atom. The first-order valence-electron chi connectivity index (χ1n) is 7.40. The summed E-state index contributed by atoms with van der Waals surface area (Å²) < 4.78 is 11.6. The molecule has 1 aliphatic heterocycles. The van der Waals surface area contributed by atoms with Crippen LogP contribution in [0.2, 0.25) is 0 Å². The van der Waals surface area contributed by atoms with E-state index in [1.807, 2.05) is 56.3 Å². The normalized spacial score (nSPS) is 18.2. The van der Waals surface area contributed by atoms with Crippen molar-refractivity contribution in [3.8, 4) is 11.5 Å². The van der Waals surface area contributed by atoms with Gasteiger partial charge in [0.05, 0.1) is 12.1 Å². The molecule has 0 aliphatic carbocycles. The van der Waals surface area contributed by atoms with Crippen LogP contribution < -0.4 is 15.2 Å². The van der Waals surface area contributed by atoms with E-state index in [-0.39, 0.29) is 18.2 Å². The third kappa shape index (κ3) is 3.03. The first kappa shape index (κ1) is 14.0. The van der Waals surface area contributed by atoms with E-state index in [1.165, 1.54) is 5.56 Å². The molecule has 0 fully saturated rings. The van der Waals surface area contributed by atoms with Crippen molar-refractivity contribution in [2.75, 3.05) is 0 Å². The Bertz CT molecular complexity index is 582. The topological polar surface area (TPSA) is 44.5 Å². The molecule has 0 saturated carbocycles. The summed E-state index contributed by atoms with van der Waals surface area (Å²) in [4.78, 5) is 0. The Hall–Kier alpha value is -2.00. The molecule has 3 rings (SSSR count). The van der Waals surface area contributed by atoms with E-state index >= 15 is 0 Å². The summed E-state index contributed by atoms with van der Waals surface area (Å²) in [6.45, 7) is 4.03. The molecule has 2 atom stereocenters. The Morgan fingerprint density at radius 3 is 2.48 bits per heavy atom. The Kier molecular flexibility index (Phi) is 3.84. The molecule has 2 aromatic rings. The van der Waals surface area contributed by atoms with Crippen molar-refractivity contribution in [1.29, 1.82) is 0 Å². The van der Waals surface area contributed by atoms with Crippen molar-refractivity contribution in [2.24, 2.45) is 5.73 Å². The third-order valence-electron chi connectivity index (χ3n) is 3.71. The number of fused-ring (bicyclic) bond motifs is 1. The van der Waals surface area contributed by atoms with Crippen molar-refractivity contribution in [3.05, 3.63) is 59.7 Å². The molecular weight excluding hydrogens is 262 g/mol. The van der Waals surface area contributed by atoms with Crippen LogP contribution in [0.25, 0.3) is 0 Å². The minimum Gasteiger partial charge on any atom is -0.491 e. The fraction of sp³-hybridized carbons (Fsp3) is 0.333. The second-order valence-corrected chi connectivity index (χ2v) is 5.73. The van der Waals surface area contributed by atoms with Gasteiger partial charge < -0.3 is 15.2 Å². The smallest absolute Gasteiger partial charge is 0.123 e. The molecule has 0 amide bonds. The first-order valence-corrected chi connectivity index (χ1v) is 7.40. The molecule has 0 saturated heterocycles. The van der Waals surface area contributed by atoms with E-state index in [0.717, 1.165) is 23.5 Å². The molecule has 0 bridgehead atoms. The molecule has 2 N–H and O–H groups in total. The van der Waals surface area contributed by atoms with Crippen molar-refractivity contribution in [2.45, 2.75) is 38.5 Å². The molecule has 0 radical (unpaired) electrons. The van der Waals surface area contributed by atoms with Crippen molar-refractivity contribution in [3.63, 3.8) is 0 Å².